The van der Waals surface area contributed by atoms with E-state index < -0.39 is 0 Å². The first-order valence-electron chi connectivity index (χ1n) is 10.0. The quantitative estimate of drug-likeness (QED) is 0.752. The van der Waals surface area contributed by atoms with Crippen molar-refractivity contribution >= 4 is 16.7 Å². The maximum atomic E-state index is 6.13. The van der Waals surface area contributed by atoms with Crippen molar-refractivity contribution in [2.45, 2.75) is 43.8 Å². The van der Waals surface area contributed by atoms with E-state index in [4.69, 9.17) is 9.47 Å². The molecule has 6 rings (SSSR count). The third-order valence-corrected chi connectivity index (χ3v) is 6.13. The molecular weight excluding hydrogens is 354 g/mol. The van der Waals surface area contributed by atoms with E-state index in [0.29, 0.717) is 0 Å². The molecule has 1 saturated heterocycles. The SMILES string of the molecule is CC1(Oc2ccc3[nH]nc(-c4cc(N5CCOC6(CC6)C5)ncn4)c3c2)CC1. The molecular formula is C21H23N5O2. The molecule has 2 aliphatic carbocycles. The average Bonchev–Trinajstić information content (AvgIpc) is 3.59. The number of nitrogens with one attached hydrogen (secondary N) is 1. The summed E-state index contributed by atoms with van der Waals surface area (Å²) in [6.45, 7) is 4.67. The summed E-state index contributed by atoms with van der Waals surface area (Å²) in [7, 11) is 0. The lowest BCUT2D eigenvalue weighted by molar-refractivity contribution is 0.0203. The fourth-order valence-corrected chi connectivity index (χ4v) is 3.95. The lowest BCUT2D eigenvalue weighted by Crippen LogP contribution is -2.44. The summed E-state index contributed by atoms with van der Waals surface area (Å²) in [5.41, 5.74) is 2.69. The molecule has 3 heterocycles. The molecule has 144 valence electrons. The van der Waals surface area contributed by atoms with Gasteiger partial charge >= 0.3 is 0 Å². The third kappa shape index (κ3) is 2.81. The number of benzene rings is 1. The van der Waals surface area contributed by atoms with Gasteiger partial charge < -0.3 is 14.4 Å². The van der Waals surface area contributed by atoms with Crippen LogP contribution < -0.4 is 9.64 Å². The third-order valence-electron chi connectivity index (χ3n) is 6.13. The Morgan fingerprint density at radius 1 is 1.14 bits per heavy atom. The minimum atomic E-state index is -0.00520. The van der Waals surface area contributed by atoms with Gasteiger partial charge in [0, 0.05) is 24.5 Å². The van der Waals surface area contributed by atoms with Gasteiger partial charge in [0.05, 0.1) is 23.4 Å². The molecule has 3 aromatic rings. The van der Waals surface area contributed by atoms with Crippen LogP contribution in [-0.2, 0) is 4.74 Å². The van der Waals surface area contributed by atoms with Gasteiger partial charge in [-0.25, -0.2) is 9.97 Å². The molecule has 0 amide bonds. The summed E-state index contributed by atoms with van der Waals surface area (Å²) >= 11 is 0. The van der Waals surface area contributed by atoms with Crippen molar-refractivity contribution in [1.82, 2.24) is 20.2 Å². The second-order valence-corrected chi connectivity index (χ2v) is 8.55. The topological polar surface area (TPSA) is 76.2 Å². The molecule has 7 heteroatoms. The molecule has 28 heavy (non-hydrogen) atoms. The zero-order valence-electron chi connectivity index (χ0n) is 15.9. The molecule has 2 aromatic heterocycles. The number of fused-ring (bicyclic) bond motifs is 1. The molecule has 1 aliphatic heterocycles. The minimum Gasteiger partial charge on any atom is -0.488 e. The first-order chi connectivity index (χ1) is 13.6. The normalized spacial score (nSPS) is 21.8. The predicted molar refractivity (Wildman–Crippen MR) is 106 cm³/mol. The predicted octanol–water partition coefficient (Wildman–Crippen LogP) is 3.32. The van der Waals surface area contributed by atoms with Crippen molar-refractivity contribution in [3.05, 3.63) is 30.6 Å². The highest BCUT2D eigenvalue weighted by Gasteiger charge is 2.47. The van der Waals surface area contributed by atoms with Crippen LogP contribution in [0, 0.1) is 0 Å². The summed E-state index contributed by atoms with van der Waals surface area (Å²) < 4.78 is 12.1. The maximum absolute atomic E-state index is 6.13. The Morgan fingerprint density at radius 3 is 2.86 bits per heavy atom. The van der Waals surface area contributed by atoms with Crippen LogP contribution in [0.3, 0.4) is 0 Å². The Kier molecular flexibility index (Phi) is 3.30. The van der Waals surface area contributed by atoms with Crippen LogP contribution in [0.5, 0.6) is 5.75 Å². The van der Waals surface area contributed by atoms with Crippen molar-refractivity contribution in [3.8, 4) is 17.1 Å². The van der Waals surface area contributed by atoms with Crippen molar-refractivity contribution in [1.29, 1.82) is 0 Å². The van der Waals surface area contributed by atoms with Crippen LogP contribution in [0.1, 0.15) is 32.6 Å². The molecule has 0 unspecified atom stereocenters. The number of nitrogens with zero attached hydrogens (tertiary/aromatic N) is 4. The number of aromatic nitrogens is 4. The monoisotopic (exact) mass is 377 g/mol. The zero-order chi connectivity index (χ0) is 18.8. The Labute approximate surface area is 163 Å². The second-order valence-electron chi connectivity index (χ2n) is 8.55. The number of H-pyrrole nitrogens is 1. The van der Waals surface area contributed by atoms with E-state index >= 15 is 0 Å². The molecule has 0 bridgehead atoms. The highest BCUT2D eigenvalue weighted by Crippen LogP contribution is 2.43. The fourth-order valence-electron chi connectivity index (χ4n) is 3.95. The summed E-state index contributed by atoms with van der Waals surface area (Å²) in [5, 5.41) is 8.67. The van der Waals surface area contributed by atoms with Crippen LogP contribution in [-0.4, -0.2) is 51.1 Å². The average molecular weight is 377 g/mol. The van der Waals surface area contributed by atoms with E-state index in [1.807, 2.05) is 18.2 Å². The number of hydrogen-bond donors (Lipinski definition) is 1. The summed E-state index contributed by atoms with van der Waals surface area (Å²) in [6, 6.07) is 8.12. The van der Waals surface area contributed by atoms with E-state index in [1.165, 1.54) is 0 Å². The van der Waals surface area contributed by atoms with Gasteiger partial charge in [-0.1, -0.05) is 0 Å². The van der Waals surface area contributed by atoms with Crippen LogP contribution in [0.25, 0.3) is 22.3 Å². The molecule has 3 aliphatic rings. The maximum Gasteiger partial charge on any atom is 0.132 e. The summed E-state index contributed by atoms with van der Waals surface area (Å²) in [4.78, 5) is 11.3. The van der Waals surface area contributed by atoms with Crippen molar-refractivity contribution in [3.63, 3.8) is 0 Å². The zero-order valence-corrected chi connectivity index (χ0v) is 15.9. The van der Waals surface area contributed by atoms with Gasteiger partial charge in [-0.3, -0.25) is 5.10 Å². The highest BCUT2D eigenvalue weighted by molar-refractivity contribution is 5.93. The Bertz CT molecular complexity index is 1050. The fraction of sp³-hybridized carbons (Fsp3) is 0.476. The van der Waals surface area contributed by atoms with Crippen molar-refractivity contribution in [2.75, 3.05) is 24.6 Å². The Balaban J connectivity index is 1.34. The first-order valence-corrected chi connectivity index (χ1v) is 10.0. The van der Waals surface area contributed by atoms with Crippen molar-refractivity contribution in [2.24, 2.45) is 0 Å². The number of aromatic amines is 1. The van der Waals surface area contributed by atoms with Gasteiger partial charge in [0.2, 0.25) is 0 Å². The van der Waals surface area contributed by atoms with Gasteiger partial charge in [-0.2, -0.15) is 5.10 Å². The van der Waals surface area contributed by atoms with Crippen LogP contribution >= 0.6 is 0 Å². The number of rotatable bonds is 4. The van der Waals surface area contributed by atoms with Gasteiger partial charge in [-0.05, 0) is 50.8 Å². The highest BCUT2D eigenvalue weighted by atomic mass is 16.5. The molecule has 0 atom stereocenters. The molecule has 1 N–H and O–H groups in total. The number of ether oxygens (including phenoxy) is 2. The minimum absolute atomic E-state index is 0.00520. The molecule has 3 fully saturated rings. The van der Waals surface area contributed by atoms with E-state index in [0.717, 1.165) is 79.2 Å². The smallest absolute Gasteiger partial charge is 0.132 e. The molecule has 7 nitrogen and oxygen atoms in total. The second kappa shape index (κ2) is 5.67. The Hall–Kier alpha value is -2.67. The van der Waals surface area contributed by atoms with Crippen LogP contribution in [0.2, 0.25) is 0 Å². The van der Waals surface area contributed by atoms with Crippen LogP contribution in [0.15, 0.2) is 30.6 Å². The van der Waals surface area contributed by atoms with E-state index in [-0.39, 0.29) is 11.2 Å². The lowest BCUT2D eigenvalue weighted by atomic mass is 10.1. The van der Waals surface area contributed by atoms with Crippen molar-refractivity contribution < 1.29 is 9.47 Å². The van der Waals surface area contributed by atoms with Gasteiger partial charge in [-0.15, -0.1) is 0 Å². The standard InChI is InChI=1S/C21H23N5O2/c1-20(4-5-20)28-14-2-3-16-15(10-14)19(25-24-16)17-11-18(23-13-22-17)26-8-9-27-21(12-26)6-7-21/h2-3,10-11,13H,4-9,12H2,1H3,(H,24,25). The Morgan fingerprint density at radius 2 is 2.04 bits per heavy atom. The molecule has 1 spiro atoms. The molecule has 2 saturated carbocycles. The summed E-state index contributed by atoms with van der Waals surface area (Å²) in [5.74, 6) is 1.82. The van der Waals surface area contributed by atoms with Gasteiger partial charge in [0.1, 0.15) is 29.2 Å². The largest absolute Gasteiger partial charge is 0.488 e. The number of hydrogen-bond acceptors (Lipinski definition) is 6. The van der Waals surface area contributed by atoms with E-state index in [1.54, 1.807) is 6.33 Å². The molecule has 0 radical (unpaired) electrons. The first kappa shape index (κ1) is 16.3. The van der Waals surface area contributed by atoms with Crippen LogP contribution in [0.4, 0.5) is 5.82 Å². The van der Waals surface area contributed by atoms with E-state index in [9.17, 15) is 0 Å². The summed E-state index contributed by atoms with van der Waals surface area (Å²) in [6.07, 6.45) is 6.14. The number of anilines is 1. The molecule has 1 aromatic carbocycles. The van der Waals surface area contributed by atoms with E-state index in [2.05, 4.69) is 38.1 Å². The van der Waals surface area contributed by atoms with Gasteiger partial charge in [0.15, 0.2) is 0 Å². The number of morpholine rings is 1. The lowest BCUT2D eigenvalue weighted by Gasteiger charge is -2.34. The van der Waals surface area contributed by atoms with Gasteiger partial charge in [0.25, 0.3) is 0 Å².